The van der Waals surface area contributed by atoms with Crippen molar-refractivity contribution in [1.82, 2.24) is 4.90 Å². The number of amides is 1. The zero-order valence-electron chi connectivity index (χ0n) is 13.7. The van der Waals surface area contributed by atoms with Gasteiger partial charge >= 0.3 is 0 Å². The van der Waals surface area contributed by atoms with E-state index >= 15 is 0 Å². The van der Waals surface area contributed by atoms with E-state index in [4.69, 9.17) is 5.26 Å². The van der Waals surface area contributed by atoms with Gasteiger partial charge in [0.05, 0.1) is 24.7 Å². The third-order valence-electron chi connectivity index (χ3n) is 3.92. The Kier molecular flexibility index (Phi) is 5.99. The molecule has 3 aromatic rings. The number of aryl methyl sites for hydroxylation is 1. The SMILES string of the molecule is N#Cc1ccc(CCC(=O)N(Cc2cccs2)Cc2cccs2)cc1. The van der Waals surface area contributed by atoms with Crippen LogP contribution in [0.15, 0.2) is 59.3 Å². The fourth-order valence-electron chi connectivity index (χ4n) is 2.57. The van der Waals surface area contributed by atoms with Crippen LogP contribution in [-0.4, -0.2) is 10.8 Å². The van der Waals surface area contributed by atoms with Gasteiger partial charge in [0.15, 0.2) is 0 Å². The van der Waals surface area contributed by atoms with E-state index < -0.39 is 0 Å². The summed E-state index contributed by atoms with van der Waals surface area (Å²) in [4.78, 5) is 17.1. The summed E-state index contributed by atoms with van der Waals surface area (Å²) in [6.07, 6.45) is 1.17. The Morgan fingerprint density at radius 1 is 0.960 bits per heavy atom. The number of hydrogen-bond acceptors (Lipinski definition) is 4. The molecule has 1 aromatic carbocycles. The lowest BCUT2D eigenvalue weighted by Crippen LogP contribution is -2.29. The lowest BCUT2D eigenvalue weighted by molar-refractivity contribution is -0.132. The summed E-state index contributed by atoms with van der Waals surface area (Å²) in [5.74, 6) is 0.158. The van der Waals surface area contributed by atoms with Crippen molar-refractivity contribution in [2.75, 3.05) is 0 Å². The van der Waals surface area contributed by atoms with Gasteiger partial charge in [0.2, 0.25) is 5.91 Å². The summed E-state index contributed by atoms with van der Waals surface area (Å²) in [6.45, 7) is 1.31. The molecule has 0 spiro atoms. The van der Waals surface area contributed by atoms with Crippen LogP contribution in [0.25, 0.3) is 0 Å². The minimum Gasteiger partial charge on any atom is -0.332 e. The van der Waals surface area contributed by atoms with Crippen molar-refractivity contribution >= 4 is 28.6 Å². The monoisotopic (exact) mass is 366 g/mol. The fourth-order valence-corrected chi connectivity index (χ4v) is 4.01. The summed E-state index contributed by atoms with van der Waals surface area (Å²) in [6, 6.07) is 17.7. The third kappa shape index (κ3) is 5.02. The van der Waals surface area contributed by atoms with Gasteiger partial charge in [-0.3, -0.25) is 4.79 Å². The highest BCUT2D eigenvalue weighted by Crippen LogP contribution is 2.18. The first-order chi connectivity index (χ1) is 12.2. The predicted octanol–water partition coefficient (Wildman–Crippen LogP) is 4.84. The predicted molar refractivity (Wildman–Crippen MR) is 102 cm³/mol. The summed E-state index contributed by atoms with van der Waals surface area (Å²) < 4.78 is 0. The summed E-state index contributed by atoms with van der Waals surface area (Å²) in [7, 11) is 0. The Bertz CT molecular complexity index is 795. The van der Waals surface area contributed by atoms with Crippen LogP contribution in [-0.2, 0) is 24.3 Å². The van der Waals surface area contributed by atoms with E-state index in [-0.39, 0.29) is 5.91 Å². The van der Waals surface area contributed by atoms with E-state index in [9.17, 15) is 4.79 Å². The van der Waals surface area contributed by atoms with Crippen molar-refractivity contribution in [2.45, 2.75) is 25.9 Å². The molecule has 0 saturated heterocycles. The molecule has 126 valence electrons. The molecule has 1 amide bonds. The molecule has 3 rings (SSSR count). The second-order valence-electron chi connectivity index (χ2n) is 5.72. The smallest absolute Gasteiger partial charge is 0.223 e. The van der Waals surface area contributed by atoms with Gasteiger partial charge < -0.3 is 4.90 Å². The number of rotatable bonds is 7. The topological polar surface area (TPSA) is 44.1 Å². The molecular formula is C20H18N2OS2. The van der Waals surface area contributed by atoms with E-state index in [1.165, 1.54) is 9.75 Å². The lowest BCUT2D eigenvalue weighted by Gasteiger charge is -2.21. The second-order valence-corrected chi connectivity index (χ2v) is 7.78. The normalized spacial score (nSPS) is 10.4. The molecule has 0 radical (unpaired) electrons. The number of carbonyl (C=O) groups excluding carboxylic acids is 1. The Morgan fingerprint density at radius 2 is 1.56 bits per heavy atom. The first kappa shape index (κ1) is 17.4. The lowest BCUT2D eigenvalue weighted by atomic mass is 10.1. The van der Waals surface area contributed by atoms with Gasteiger partial charge in [-0.2, -0.15) is 5.26 Å². The van der Waals surface area contributed by atoms with Crippen molar-refractivity contribution in [3.05, 3.63) is 80.2 Å². The first-order valence-electron chi connectivity index (χ1n) is 8.06. The van der Waals surface area contributed by atoms with Crippen LogP contribution in [0, 0.1) is 11.3 Å². The van der Waals surface area contributed by atoms with Crippen molar-refractivity contribution in [3.63, 3.8) is 0 Å². The van der Waals surface area contributed by atoms with E-state index in [1.807, 2.05) is 39.9 Å². The maximum absolute atomic E-state index is 12.8. The molecular weight excluding hydrogens is 348 g/mol. The number of hydrogen-bond donors (Lipinski definition) is 0. The molecule has 0 aliphatic heterocycles. The van der Waals surface area contributed by atoms with Crippen molar-refractivity contribution in [2.24, 2.45) is 0 Å². The van der Waals surface area contributed by atoms with Crippen LogP contribution in [0.2, 0.25) is 0 Å². The quantitative estimate of drug-likeness (QED) is 0.600. The highest BCUT2D eigenvalue weighted by atomic mass is 32.1. The maximum Gasteiger partial charge on any atom is 0.223 e. The van der Waals surface area contributed by atoms with Crippen LogP contribution in [0.4, 0.5) is 0 Å². The first-order valence-corrected chi connectivity index (χ1v) is 9.82. The average Bonchev–Trinajstić information content (AvgIpc) is 3.33. The van der Waals surface area contributed by atoms with Crippen LogP contribution in [0.1, 0.15) is 27.3 Å². The molecule has 0 saturated carbocycles. The highest BCUT2D eigenvalue weighted by Gasteiger charge is 2.15. The minimum atomic E-state index is 0.158. The minimum absolute atomic E-state index is 0.158. The van der Waals surface area contributed by atoms with Crippen LogP contribution >= 0.6 is 22.7 Å². The number of thiophene rings is 2. The van der Waals surface area contributed by atoms with Gasteiger partial charge in [-0.1, -0.05) is 24.3 Å². The Labute approximate surface area is 155 Å². The molecule has 5 heteroatoms. The molecule has 0 fully saturated rings. The van der Waals surface area contributed by atoms with Crippen LogP contribution in [0.3, 0.4) is 0 Å². The summed E-state index contributed by atoms with van der Waals surface area (Å²) in [5.41, 5.74) is 1.73. The molecule has 0 N–H and O–H groups in total. The number of nitriles is 1. The molecule has 2 aromatic heterocycles. The Hall–Kier alpha value is -2.42. The molecule has 0 atom stereocenters. The molecule has 3 nitrogen and oxygen atoms in total. The van der Waals surface area contributed by atoms with Crippen molar-refractivity contribution < 1.29 is 4.79 Å². The largest absolute Gasteiger partial charge is 0.332 e. The number of nitrogens with zero attached hydrogens (tertiary/aromatic N) is 2. The van der Waals surface area contributed by atoms with E-state index in [0.717, 1.165) is 5.56 Å². The Morgan fingerprint density at radius 3 is 2.04 bits per heavy atom. The van der Waals surface area contributed by atoms with Crippen LogP contribution < -0.4 is 0 Å². The zero-order valence-corrected chi connectivity index (χ0v) is 15.4. The molecule has 25 heavy (non-hydrogen) atoms. The van der Waals surface area contributed by atoms with E-state index in [2.05, 4.69) is 18.2 Å². The molecule has 0 aliphatic carbocycles. The molecule has 0 aliphatic rings. The molecule has 0 bridgehead atoms. The van der Waals surface area contributed by atoms with Gasteiger partial charge in [0, 0.05) is 16.2 Å². The molecule has 0 unspecified atom stereocenters. The highest BCUT2D eigenvalue weighted by molar-refractivity contribution is 7.10. The number of carbonyl (C=O) groups is 1. The van der Waals surface area contributed by atoms with E-state index in [1.54, 1.807) is 34.8 Å². The van der Waals surface area contributed by atoms with Gasteiger partial charge in [-0.05, 0) is 47.0 Å². The van der Waals surface area contributed by atoms with Gasteiger partial charge in [-0.25, -0.2) is 0 Å². The van der Waals surface area contributed by atoms with Gasteiger partial charge in [0.25, 0.3) is 0 Å². The third-order valence-corrected chi connectivity index (χ3v) is 5.64. The Balaban J connectivity index is 1.64. The summed E-state index contributed by atoms with van der Waals surface area (Å²) in [5, 5.41) is 12.9. The standard InChI is InChI=1S/C20H18N2OS2/c21-13-17-7-5-16(6-8-17)9-10-20(23)22(14-18-3-1-11-24-18)15-19-4-2-12-25-19/h1-8,11-12H,9-10,14-15H2. The van der Waals surface area contributed by atoms with Crippen molar-refractivity contribution in [1.29, 1.82) is 5.26 Å². The van der Waals surface area contributed by atoms with Crippen LogP contribution in [0.5, 0.6) is 0 Å². The van der Waals surface area contributed by atoms with Crippen molar-refractivity contribution in [3.8, 4) is 6.07 Å². The van der Waals surface area contributed by atoms with E-state index in [0.29, 0.717) is 31.5 Å². The fraction of sp³-hybridized carbons (Fsp3) is 0.200. The maximum atomic E-state index is 12.8. The summed E-state index contributed by atoms with van der Waals surface area (Å²) >= 11 is 3.36. The zero-order chi connectivity index (χ0) is 17.5. The van der Waals surface area contributed by atoms with Gasteiger partial charge in [0.1, 0.15) is 0 Å². The van der Waals surface area contributed by atoms with Gasteiger partial charge in [-0.15, -0.1) is 22.7 Å². The second kappa shape index (κ2) is 8.61. The number of benzene rings is 1. The average molecular weight is 367 g/mol. The molecule has 2 heterocycles.